The maximum atomic E-state index is 10.3. The molecule has 1 amide bonds. The number of carbonyl (C=O) groups excluding carboxylic acids is 1. The van der Waals surface area contributed by atoms with Crippen molar-refractivity contribution in [2.24, 2.45) is 0 Å². The zero-order chi connectivity index (χ0) is 8.15. The molecule has 0 bridgehead atoms. The molecular weight excluding hydrogens is 276 g/mol. The SMILES string of the molecule is CC(=O)N[C@@H](CS)C(=O)O.O.[Ca+2].[H-].[H-].[Zn]. The van der Waals surface area contributed by atoms with E-state index in [9.17, 15) is 9.59 Å². The zero-order valence-corrected chi connectivity index (χ0v) is 13.5. The van der Waals surface area contributed by atoms with Crippen LogP contribution in [0, 0.1) is 0 Å². The quantitative estimate of drug-likeness (QED) is 0.436. The maximum absolute atomic E-state index is 10.3. The monoisotopic (exact) mass is 287 g/mol. The first-order chi connectivity index (χ1) is 4.57. The second-order valence-corrected chi connectivity index (χ2v) is 2.14. The molecule has 0 saturated carbocycles. The van der Waals surface area contributed by atoms with Gasteiger partial charge < -0.3 is 18.8 Å². The van der Waals surface area contributed by atoms with Gasteiger partial charge in [-0.2, -0.15) is 12.6 Å². The van der Waals surface area contributed by atoms with E-state index in [1.165, 1.54) is 6.92 Å². The van der Waals surface area contributed by atoms with Crippen LogP contribution in [0.25, 0.3) is 0 Å². The van der Waals surface area contributed by atoms with Gasteiger partial charge in [0, 0.05) is 32.2 Å². The summed E-state index contributed by atoms with van der Waals surface area (Å²) in [5.74, 6) is -1.32. The van der Waals surface area contributed by atoms with E-state index in [0.29, 0.717) is 0 Å². The fraction of sp³-hybridized carbons (Fsp3) is 0.600. The third-order valence-electron chi connectivity index (χ3n) is 0.858. The molecule has 0 aliphatic carbocycles. The van der Waals surface area contributed by atoms with Crippen molar-refractivity contribution in [2.45, 2.75) is 13.0 Å². The summed E-state index contributed by atoms with van der Waals surface area (Å²) in [5.41, 5.74) is 0. The summed E-state index contributed by atoms with van der Waals surface area (Å²) in [6.45, 7) is 1.26. The van der Waals surface area contributed by atoms with Crippen LogP contribution in [0.15, 0.2) is 0 Å². The predicted molar refractivity (Wildman–Crippen MR) is 50.7 cm³/mol. The Bertz CT molecular complexity index is 168. The molecule has 0 aliphatic rings. The summed E-state index contributed by atoms with van der Waals surface area (Å²) in [7, 11) is 0. The summed E-state index contributed by atoms with van der Waals surface area (Å²) in [6, 6.07) is -0.874. The van der Waals surface area contributed by atoms with Gasteiger partial charge in [0.05, 0.1) is 0 Å². The molecule has 4 N–H and O–H groups in total. The van der Waals surface area contributed by atoms with Gasteiger partial charge in [-0.15, -0.1) is 0 Å². The topological polar surface area (TPSA) is 97.9 Å². The van der Waals surface area contributed by atoms with Crippen molar-refractivity contribution in [2.75, 3.05) is 5.75 Å². The summed E-state index contributed by atoms with van der Waals surface area (Å²) in [6.07, 6.45) is 0. The molecule has 0 aliphatic heterocycles. The average Bonchev–Trinajstić information content (AvgIpc) is 1.81. The van der Waals surface area contributed by atoms with Gasteiger partial charge in [-0.1, -0.05) is 0 Å². The molecule has 0 rings (SSSR count). The smallest absolute Gasteiger partial charge is 1.00 e. The van der Waals surface area contributed by atoms with Crippen LogP contribution in [-0.2, 0) is 29.1 Å². The fourth-order valence-corrected chi connectivity index (χ4v) is 0.678. The van der Waals surface area contributed by atoms with Gasteiger partial charge >= 0.3 is 43.7 Å². The number of carboxylic acids is 1. The number of rotatable bonds is 3. The first kappa shape index (κ1) is 23.7. The molecule has 5 nitrogen and oxygen atoms in total. The minimum absolute atomic E-state index is 0. The maximum Gasteiger partial charge on any atom is 2.00 e. The van der Waals surface area contributed by atoms with E-state index in [4.69, 9.17) is 5.11 Å². The Balaban J connectivity index is -0.0000000405. The Morgan fingerprint density at radius 3 is 2.08 bits per heavy atom. The first-order valence-electron chi connectivity index (χ1n) is 2.68. The molecule has 8 heteroatoms. The van der Waals surface area contributed by atoms with E-state index in [2.05, 4.69) is 17.9 Å². The van der Waals surface area contributed by atoms with Gasteiger partial charge in [0.25, 0.3) is 0 Å². The molecule has 0 heterocycles. The van der Waals surface area contributed by atoms with E-state index in [1.54, 1.807) is 0 Å². The second-order valence-electron chi connectivity index (χ2n) is 1.77. The van der Waals surface area contributed by atoms with Gasteiger partial charge in [-0.05, 0) is 0 Å². The Hall–Kier alpha value is 1.13. The largest absolute Gasteiger partial charge is 2.00 e. The minimum atomic E-state index is -1.06. The van der Waals surface area contributed by atoms with Gasteiger partial charge in [0.2, 0.25) is 5.91 Å². The molecular formula is C5H13CaNO4SZn. The van der Waals surface area contributed by atoms with Crippen LogP contribution in [-0.4, -0.2) is 72.0 Å². The summed E-state index contributed by atoms with van der Waals surface area (Å²) in [5, 5.41) is 10.6. The van der Waals surface area contributed by atoms with E-state index in [0.717, 1.165) is 0 Å². The predicted octanol–water partition coefficient (Wildman–Crippen LogP) is -1.48. The first-order valence-corrected chi connectivity index (χ1v) is 3.32. The third-order valence-corrected chi connectivity index (χ3v) is 1.22. The van der Waals surface area contributed by atoms with Crippen molar-refractivity contribution in [1.82, 2.24) is 5.32 Å². The molecule has 13 heavy (non-hydrogen) atoms. The Kier molecular flexibility index (Phi) is 24.0. The van der Waals surface area contributed by atoms with Crippen LogP contribution >= 0.6 is 12.6 Å². The van der Waals surface area contributed by atoms with Gasteiger partial charge in [-0.25, -0.2) is 4.79 Å². The average molecular weight is 289 g/mol. The standard InChI is InChI=1S/C5H9NO3S.Ca.H2O.Zn.2H/c1-3(7)6-4(2-10)5(8)9;;;;;/h4,10H,2H2,1H3,(H,6,7)(H,8,9);;1H2;;;/q;+2;;;2*-1/t4-;;;;;/m0...../s1. The number of nitrogens with one attached hydrogen (secondary N) is 1. The minimum Gasteiger partial charge on any atom is -1.00 e. The Morgan fingerprint density at radius 2 is 2.00 bits per heavy atom. The van der Waals surface area contributed by atoms with Crippen LogP contribution in [0.4, 0.5) is 0 Å². The van der Waals surface area contributed by atoms with E-state index < -0.39 is 12.0 Å². The van der Waals surface area contributed by atoms with E-state index in [1.807, 2.05) is 0 Å². The van der Waals surface area contributed by atoms with Gasteiger partial charge in [-0.3, -0.25) is 4.79 Å². The molecule has 0 unspecified atom stereocenters. The third kappa shape index (κ3) is 13.1. The summed E-state index contributed by atoms with van der Waals surface area (Å²) < 4.78 is 0. The van der Waals surface area contributed by atoms with Gasteiger partial charge in [0.1, 0.15) is 6.04 Å². The Labute approximate surface area is 127 Å². The molecule has 72 valence electrons. The van der Waals surface area contributed by atoms with Crippen molar-refractivity contribution in [3.05, 3.63) is 0 Å². The zero-order valence-electron chi connectivity index (χ0n) is 9.41. The number of thiol groups is 1. The number of hydrogen-bond donors (Lipinski definition) is 3. The van der Waals surface area contributed by atoms with Gasteiger partial charge in [0.15, 0.2) is 0 Å². The number of aliphatic carboxylic acids is 1. The fourth-order valence-electron chi connectivity index (χ4n) is 0.431. The molecule has 0 saturated heterocycles. The number of hydrogen-bond acceptors (Lipinski definition) is 3. The van der Waals surface area contributed by atoms with Crippen molar-refractivity contribution in [3.63, 3.8) is 0 Å². The van der Waals surface area contributed by atoms with Crippen LogP contribution in [0.1, 0.15) is 9.78 Å². The molecule has 0 aromatic rings. The number of amides is 1. The Morgan fingerprint density at radius 1 is 1.62 bits per heavy atom. The molecule has 0 fully saturated rings. The number of carboxylic acid groups (broad SMARTS) is 1. The number of carbonyl (C=O) groups is 2. The van der Waals surface area contributed by atoms with Crippen molar-refractivity contribution < 1.29 is 42.5 Å². The van der Waals surface area contributed by atoms with Crippen LogP contribution in [0.5, 0.6) is 0 Å². The molecule has 0 spiro atoms. The molecule has 0 radical (unpaired) electrons. The summed E-state index contributed by atoms with van der Waals surface area (Å²) in [4.78, 5) is 20.5. The van der Waals surface area contributed by atoms with E-state index >= 15 is 0 Å². The molecule has 1 atom stereocenters. The van der Waals surface area contributed by atoms with Crippen molar-refractivity contribution >= 4 is 62.2 Å². The summed E-state index contributed by atoms with van der Waals surface area (Å²) >= 11 is 3.73. The normalized spacial score (nSPS) is 9.38. The molecule has 0 aromatic heterocycles. The van der Waals surface area contributed by atoms with Crippen molar-refractivity contribution in [3.8, 4) is 0 Å². The second kappa shape index (κ2) is 13.1. The molecule has 0 aromatic carbocycles. The van der Waals surface area contributed by atoms with Crippen LogP contribution in [0.3, 0.4) is 0 Å². The van der Waals surface area contributed by atoms with Crippen LogP contribution < -0.4 is 5.32 Å². The van der Waals surface area contributed by atoms with Crippen LogP contribution in [0.2, 0.25) is 0 Å². The van der Waals surface area contributed by atoms with E-state index in [-0.39, 0.29) is 77.2 Å². The van der Waals surface area contributed by atoms with Crippen molar-refractivity contribution in [1.29, 1.82) is 0 Å².